The highest BCUT2D eigenvalue weighted by Crippen LogP contribution is 2.19. The number of aromatic nitrogens is 3. The van der Waals surface area contributed by atoms with Crippen molar-refractivity contribution in [2.75, 3.05) is 0 Å². The minimum Gasteiger partial charge on any atom is -0.317 e. The first kappa shape index (κ1) is 15.7. The molecule has 0 unspecified atom stereocenters. The predicted octanol–water partition coefficient (Wildman–Crippen LogP) is 3.22. The number of benzene rings is 1. The summed E-state index contributed by atoms with van der Waals surface area (Å²) in [5, 5.41) is 12.1. The van der Waals surface area contributed by atoms with E-state index in [4.69, 9.17) is 0 Å². The summed E-state index contributed by atoms with van der Waals surface area (Å²) in [6.45, 7) is 9.50. The van der Waals surface area contributed by atoms with Crippen molar-refractivity contribution < 1.29 is 0 Å². The molecule has 0 fully saturated rings. The van der Waals surface area contributed by atoms with Crippen LogP contribution < -0.4 is 5.32 Å². The molecular formula is C17H26N4. The van der Waals surface area contributed by atoms with E-state index in [0.29, 0.717) is 17.9 Å². The van der Waals surface area contributed by atoms with Crippen molar-refractivity contribution in [3.8, 4) is 0 Å². The van der Waals surface area contributed by atoms with Crippen molar-refractivity contribution in [1.29, 1.82) is 0 Å². The van der Waals surface area contributed by atoms with Crippen LogP contribution in [0.4, 0.5) is 0 Å². The van der Waals surface area contributed by atoms with E-state index in [0.717, 1.165) is 18.2 Å². The molecule has 0 saturated carbocycles. The van der Waals surface area contributed by atoms with E-state index in [2.05, 4.69) is 78.1 Å². The second-order valence-corrected chi connectivity index (χ2v) is 6.06. The summed E-state index contributed by atoms with van der Waals surface area (Å²) in [4.78, 5) is 0. The van der Waals surface area contributed by atoms with Gasteiger partial charge < -0.3 is 9.88 Å². The minimum absolute atomic E-state index is 0.381. The third-order valence-electron chi connectivity index (χ3n) is 4.17. The van der Waals surface area contributed by atoms with Crippen molar-refractivity contribution >= 4 is 0 Å². The first-order valence-corrected chi connectivity index (χ1v) is 7.67. The lowest BCUT2D eigenvalue weighted by Gasteiger charge is -2.21. The largest absolute Gasteiger partial charge is 0.317 e. The average molecular weight is 286 g/mol. The van der Waals surface area contributed by atoms with Crippen molar-refractivity contribution in [2.45, 2.75) is 52.1 Å². The summed E-state index contributed by atoms with van der Waals surface area (Å²) in [6, 6.07) is 11.0. The van der Waals surface area contributed by atoms with Gasteiger partial charge in [0.1, 0.15) is 11.6 Å². The fourth-order valence-corrected chi connectivity index (χ4v) is 2.51. The van der Waals surface area contributed by atoms with Crippen molar-refractivity contribution in [3.63, 3.8) is 0 Å². The SMILES string of the molecule is CC(C)c1nnc(CN[C@H](C)[C@H](C)c2ccccc2)n1C. The average Bonchev–Trinajstić information content (AvgIpc) is 2.86. The van der Waals surface area contributed by atoms with Gasteiger partial charge in [0.25, 0.3) is 0 Å². The monoisotopic (exact) mass is 286 g/mol. The summed E-state index contributed by atoms with van der Waals surface area (Å²) in [7, 11) is 2.04. The quantitative estimate of drug-likeness (QED) is 0.886. The molecule has 2 rings (SSSR count). The van der Waals surface area contributed by atoms with Crippen LogP contribution in [0.3, 0.4) is 0 Å². The van der Waals surface area contributed by atoms with Crippen molar-refractivity contribution in [1.82, 2.24) is 20.1 Å². The Morgan fingerprint density at radius 2 is 1.71 bits per heavy atom. The van der Waals surface area contributed by atoms with Gasteiger partial charge in [0.15, 0.2) is 0 Å². The van der Waals surface area contributed by atoms with Crippen LogP contribution in [-0.4, -0.2) is 20.8 Å². The topological polar surface area (TPSA) is 42.7 Å². The lowest BCUT2D eigenvalue weighted by Crippen LogP contribution is -2.31. The molecule has 0 bridgehead atoms. The Labute approximate surface area is 127 Å². The van der Waals surface area contributed by atoms with Gasteiger partial charge in [0.2, 0.25) is 0 Å². The van der Waals surface area contributed by atoms with E-state index >= 15 is 0 Å². The van der Waals surface area contributed by atoms with Crippen LogP contribution in [0.25, 0.3) is 0 Å². The molecule has 114 valence electrons. The Kier molecular flexibility index (Phi) is 5.12. The third-order valence-corrected chi connectivity index (χ3v) is 4.17. The number of hydrogen-bond acceptors (Lipinski definition) is 3. The molecule has 0 spiro atoms. The van der Waals surface area contributed by atoms with Crippen LogP contribution in [0.5, 0.6) is 0 Å². The zero-order valence-electron chi connectivity index (χ0n) is 13.7. The Morgan fingerprint density at radius 1 is 1.05 bits per heavy atom. The Hall–Kier alpha value is -1.68. The minimum atomic E-state index is 0.381. The summed E-state index contributed by atoms with van der Waals surface area (Å²) >= 11 is 0. The molecule has 4 heteroatoms. The van der Waals surface area contributed by atoms with E-state index in [-0.39, 0.29) is 0 Å². The molecule has 2 atom stereocenters. The molecule has 4 nitrogen and oxygen atoms in total. The molecule has 21 heavy (non-hydrogen) atoms. The molecule has 1 N–H and O–H groups in total. The predicted molar refractivity (Wildman–Crippen MR) is 86.3 cm³/mol. The van der Waals surface area contributed by atoms with E-state index in [1.807, 2.05) is 7.05 Å². The van der Waals surface area contributed by atoms with Crippen LogP contribution in [0.1, 0.15) is 56.7 Å². The van der Waals surface area contributed by atoms with E-state index in [1.165, 1.54) is 5.56 Å². The molecule has 0 aliphatic rings. The Bertz CT molecular complexity index is 559. The van der Waals surface area contributed by atoms with Crippen LogP contribution in [0.15, 0.2) is 30.3 Å². The maximum Gasteiger partial charge on any atom is 0.146 e. The Morgan fingerprint density at radius 3 is 2.29 bits per heavy atom. The van der Waals surface area contributed by atoms with Gasteiger partial charge >= 0.3 is 0 Å². The van der Waals surface area contributed by atoms with Gasteiger partial charge in [-0.2, -0.15) is 0 Å². The molecule has 2 aromatic rings. The summed E-state index contributed by atoms with van der Waals surface area (Å²) in [5.41, 5.74) is 1.36. The van der Waals surface area contributed by atoms with E-state index < -0.39 is 0 Å². The smallest absolute Gasteiger partial charge is 0.146 e. The zero-order chi connectivity index (χ0) is 15.4. The maximum absolute atomic E-state index is 4.29. The van der Waals surface area contributed by atoms with Gasteiger partial charge in [-0.05, 0) is 18.4 Å². The van der Waals surface area contributed by atoms with Crippen LogP contribution in [-0.2, 0) is 13.6 Å². The number of hydrogen-bond donors (Lipinski definition) is 1. The summed E-state index contributed by atoms with van der Waals surface area (Å²) in [5.74, 6) is 2.89. The van der Waals surface area contributed by atoms with Crippen molar-refractivity contribution in [2.24, 2.45) is 7.05 Å². The fourth-order valence-electron chi connectivity index (χ4n) is 2.51. The van der Waals surface area contributed by atoms with Gasteiger partial charge in [-0.25, -0.2) is 0 Å². The van der Waals surface area contributed by atoms with Crippen molar-refractivity contribution in [3.05, 3.63) is 47.5 Å². The number of nitrogens with zero attached hydrogens (tertiary/aromatic N) is 3. The highest BCUT2D eigenvalue weighted by molar-refractivity contribution is 5.20. The third kappa shape index (κ3) is 3.70. The molecule has 0 radical (unpaired) electrons. The highest BCUT2D eigenvalue weighted by atomic mass is 15.3. The number of rotatable bonds is 6. The number of nitrogens with one attached hydrogen (secondary N) is 1. The lowest BCUT2D eigenvalue weighted by atomic mass is 9.94. The molecular weight excluding hydrogens is 260 g/mol. The fraction of sp³-hybridized carbons (Fsp3) is 0.529. The molecule has 1 heterocycles. The van der Waals surface area contributed by atoms with Crippen LogP contribution >= 0.6 is 0 Å². The maximum atomic E-state index is 4.29. The molecule has 0 aliphatic carbocycles. The normalized spacial score (nSPS) is 14.4. The first-order valence-electron chi connectivity index (χ1n) is 7.67. The second kappa shape index (κ2) is 6.85. The summed E-state index contributed by atoms with van der Waals surface area (Å²) < 4.78 is 2.09. The van der Waals surface area contributed by atoms with Gasteiger partial charge in [0.05, 0.1) is 6.54 Å². The van der Waals surface area contributed by atoms with E-state index in [9.17, 15) is 0 Å². The van der Waals surface area contributed by atoms with Gasteiger partial charge in [-0.15, -0.1) is 10.2 Å². The van der Waals surface area contributed by atoms with Gasteiger partial charge in [-0.3, -0.25) is 0 Å². The van der Waals surface area contributed by atoms with Gasteiger partial charge in [-0.1, -0.05) is 51.1 Å². The lowest BCUT2D eigenvalue weighted by molar-refractivity contribution is 0.467. The summed E-state index contributed by atoms with van der Waals surface area (Å²) in [6.07, 6.45) is 0. The standard InChI is InChI=1S/C17H26N4/c1-12(2)17-20-19-16(21(17)5)11-18-14(4)13(3)15-9-7-6-8-10-15/h6-10,12-14,18H,11H2,1-5H3/t13-,14+/m0/s1. The Balaban J connectivity index is 1.97. The van der Waals surface area contributed by atoms with Crippen LogP contribution in [0, 0.1) is 0 Å². The first-order chi connectivity index (χ1) is 10.0. The van der Waals surface area contributed by atoms with Gasteiger partial charge in [0, 0.05) is 19.0 Å². The van der Waals surface area contributed by atoms with E-state index in [1.54, 1.807) is 0 Å². The molecule has 1 aromatic carbocycles. The van der Waals surface area contributed by atoms with Crippen LogP contribution in [0.2, 0.25) is 0 Å². The zero-order valence-corrected chi connectivity index (χ0v) is 13.7. The molecule has 0 saturated heterocycles. The molecule has 0 aliphatic heterocycles. The highest BCUT2D eigenvalue weighted by Gasteiger charge is 2.16. The molecule has 1 aromatic heterocycles. The second-order valence-electron chi connectivity index (χ2n) is 6.06. The molecule has 0 amide bonds.